The van der Waals surface area contributed by atoms with Gasteiger partial charge in [-0.2, -0.15) is 5.10 Å². The Kier molecular flexibility index (Phi) is 4.48. The number of hydrogen-bond acceptors (Lipinski definition) is 4. The molecular weight excluding hydrogens is 382 g/mol. The lowest BCUT2D eigenvalue weighted by Crippen LogP contribution is -2.63. The molecule has 1 atom stereocenters. The van der Waals surface area contributed by atoms with E-state index < -0.39 is 5.66 Å². The van der Waals surface area contributed by atoms with Crippen LogP contribution in [-0.4, -0.2) is 44.6 Å². The quantitative estimate of drug-likeness (QED) is 0.844. The van der Waals surface area contributed by atoms with Crippen LogP contribution in [0.1, 0.15) is 56.6 Å². The number of hydrogen-bond donors (Lipinski definition) is 1. The standard InChI is InChI=1S/C22H27N5O3/c1-14-12-17(27(24-14)21(2,3)4)23-18(28)13-25-20(30)15-8-6-7-9-16(15)26-19(29)10-11-22(25,26)5/h6-9,12H,10-11,13H2,1-5H3,(H,23,28). The molecule has 0 radical (unpaired) electrons. The second kappa shape index (κ2) is 6.68. The zero-order chi connectivity index (χ0) is 21.8. The molecule has 158 valence electrons. The van der Waals surface area contributed by atoms with Gasteiger partial charge >= 0.3 is 0 Å². The monoisotopic (exact) mass is 409 g/mol. The number of anilines is 2. The summed E-state index contributed by atoms with van der Waals surface area (Å²) in [7, 11) is 0. The number of carbonyl (C=O) groups is 3. The molecule has 0 saturated carbocycles. The van der Waals surface area contributed by atoms with E-state index in [4.69, 9.17) is 0 Å². The van der Waals surface area contributed by atoms with Crippen LogP contribution in [0.3, 0.4) is 0 Å². The first-order valence-corrected chi connectivity index (χ1v) is 10.1. The Morgan fingerprint density at radius 1 is 1.23 bits per heavy atom. The van der Waals surface area contributed by atoms with Crippen molar-refractivity contribution in [2.45, 2.75) is 58.7 Å². The van der Waals surface area contributed by atoms with Crippen LogP contribution in [0.25, 0.3) is 0 Å². The Morgan fingerprint density at radius 2 is 1.93 bits per heavy atom. The van der Waals surface area contributed by atoms with E-state index in [0.717, 1.165) is 5.69 Å². The van der Waals surface area contributed by atoms with Gasteiger partial charge < -0.3 is 10.2 Å². The van der Waals surface area contributed by atoms with Gasteiger partial charge in [-0.05, 0) is 53.2 Å². The number of amides is 3. The summed E-state index contributed by atoms with van der Waals surface area (Å²) < 4.78 is 1.76. The highest BCUT2D eigenvalue weighted by molar-refractivity contribution is 6.11. The molecule has 0 spiro atoms. The van der Waals surface area contributed by atoms with Crippen molar-refractivity contribution in [1.29, 1.82) is 0 Å². The lowest BCUT2D eigenvalue weighted by Gasteiger charge is -2.48. The lowest BCUT2D eigenvalue weighted by atomic mass is 9.98. The van der Waals surface area contributed by atoms with E-state index in [9.17, 15) is 14.4 Å². The summed E-state index contributed by atoms with van der Waals surface area (Å²) in [4.78, 5) is 42.1. The molecule has 2 aliphatic rings. The molecule has 1 unspecified atom stereocenters. The van der Waals surface area contributed by atoms with Gasteiger partial charge in [0, 0.05) is 12.5 Å². The summed E-state index contributed by atoms with van der Waals surface area (Å²) in [6, 6.07) is 8.88. The SMILES string of the molecule is Cc1cc(NC(=O)CN2C(=O)c3ccccc3N3C(=O)CCC23C)n(C(C)(C)C)n1. The van der Waals surface area contributed by atoms with Crippen molar-refractivity contribution in [3.63, 3.8) is 0 Å². The van der Waals surface area contributed by atoms with E-state index >= 15 is 0 Å². The summed E-state index contributed by atoms with van der Waals surface area (Å²) >= 11 is 0. The Morgan fingerprint density at radius 3 is 2.63 bits per heavy atom. The molecular formula is C22H27N5O3. The van der Waals surface area contributed by atoms with Gasteiger partial charge in [-0.15, -0.1) is 0 Å². The van der Waals surface area contributed by atoms with Crippen LogP contribution in [0.15, 0.2) is 30.3 Å². The number of rotatable bonds is 3. The van der Waals surface area contributed by atoms with Crippen LogP contribution in [-0.2, 0) is 15.1 Å². The Labute approximate surface area is 175 Å². The zero-order valence-corrected chi connectivity index (χ0v) is 18.0. The summed E-state index contributed by atoms with van der Waals surface area (Å²) in [6.07, 6.45) is 0.824. The van der Waals surface area contributed by atoms with Gasteiger partial charge in [0.15, 0.2) is 0 Å². The maximum Gasteiger partial charge on any atom is 0.258 e. The van der Waals surface area contributed by atoms with Crippen molar-refractivity contribution < 1.29 is 14.4 Å². The smallest absolute Gasteiger partial charge is 0.258 e. The molecule has 1 aromatic carbocycles. The fourth-order valence-electron chi connectivity index (χ4n) is 4.37. The molecule has 4 rings (SSSR count). The largest absolute Gasteiger partial charge is 0.309 e. The molecule has 0 aliphatic carbocycles. The van der Waals surface area contributed by atoms with Crippen molar-refractivity contribution in [2.75, 3.05) is 16.8 Å². The number of nitrogens with zero attached hydrogens (tertiary/aromatic N) is 4. The van der Waals surface area contributed by atoms with Gasteiger partial charge in [0.1, 0.15) is 18.0 Å². The number of fused-ring (bicyclic) bond motifs is 3. The van der Waals surface area contributed by atoms with Gasteiger partial charge in [0.25, 0.3) is 5.91 Å². The highest BCUT2D eigenvalue weighted by atomic mass is 16.2. The van der Waals surface area contributed by atoms with Crippen molar-refractivity contribution >= 4 is 29.2 Å². The first-order valence-electron chi connectivity index (χ1n) is 10.1. The van der Waals surface area contributed by atoms with Crippen LogP contribution in [0.5, 0.6) is 0 Å². The molecule has 1 aromatic heterocycles. The molecule has 8 nitrogen and oxygen atoms in total. The van der Waals surface area contributed by atoms with Crippen molar-refractivity contribution in [3.8, 4) is 0 Å². The average molecular weight is 409 g/mol. The van der Waals surface area contributed by atoms with Crippen molar-refractivity contribution in [2.24, 2.45) is 0 Å². The van der Waals surface area contributed by atoms with Gasteiger partial charge in [-0.25, -0.2) is 4.68 Å². The second-order valence-electron chi connectivity index (χ2n) is 9.16. The predicted octanol–water partition coefficient (Wildman–Crippen LogP) is 2.88. The van der Waals surface area contributed by atoms with E-state index in [2.05, 4.69) is 10.4 Å². The topological polar surface area (TPSA) is 87.5 Å². The van der Waals surface area contributed by atoms with Crippen molar-refractivity contribution in [3.05, 3.63) is 41.6 Å². The van der Waals surface area contributed by atoms with Crippen LogP contribution >= 0.6 is 0 Å². The molecule has 1 N–H and O–H groups in total. The van der Waals surface area contributed by atoms with E-state index in [1.54, 1.807) is 27.8 Å². The van der Waals surface area contributed by atoms with Crippen LogP contribution in [0, 0.1) is 6.92 Å². The molecule has 8 heteroatoms. The first-order chi connectivity index (χ1) is 14.0. The van der Waals surface area contributed by atoms with E-state index in [1.807, 2.05) is 46.8 Å². The van der Waals surface area contributed by atoms with Crippen LogP contribution < -0.4 is 10.2 Å². The summed E-state index contributed by atoms with van der Waals surface area (Å²) in [6.45, 7) is 9.58. The Balaban J connectivity index is 1.64. The number of nitrogens with one attached hydrogen (secondary N) is 1. The van der Waals surface area contributed by atoms with E-state index in [-0.39, 0.29) is 29.8 Å². The third-order valence-corrected chi connectivity index (χ3v) is 5.78. The number of carbonyl (C=O) groups excluding carboxylic acids is 3. The second-order valence-corrected chi connectivity index (χ2v) is 9.16. The fourth-order valence-corrected chi connectivity index (χ4v) is 4.37. The predicted molar refractivity (Wildman–Crippen MR) is 113 cm³/mol. The molecule has 0 bridgehead atoms. The normalized spacial score (nSPS) is 21.0. The minimum atomic E-state index is -0.861. The molecule has 30 heavy (non-hydrogen) atoms. The molecule has 1 fully saturated rings. The highest BCUT2D eigenvalue weighted by Crippen LogP contribution is 2.43. The van der Waals surface area contributed by atoms with Gasteiger partial charge in [-0.1, -0.05) is 12.1 Å². The Hall–Kier alpha value is -3.16. The number of benzene rings is 1. The lowest BCUT2D eigenvalue weighted by molar-refractivity contribution is -0.120. The fraction of sp³-hybridized carbons (Fsp3) is 0.455. The van der Waals surface area contributed by atoms with Crippen LogP contribution in [0.4, 0.5) is 11.5 Å². The number of para-hydroxylation sites is 1. The van der Waals surface area contributed by atoms with Gasteiger partial charge in [-0.3, -0.25) is 19.3 Å². The third kappa shape index (κ3) is 3.07. The molecule has 2 aliphatic heterocycles. The van der Waals surface area contributed by atoms with Gasteiger partial charge in [0.05, 0.1) is 22.5 Å². The maximum absolute atomic E-state index is 13.3. The minimum absolute atomic E-state index is 0.0377. The van der Waals surface area contributed by atoms with E-state index in [1.165, 1.54) is 4.90 Å². The minimum Gasteiger partial charge on any atom is -0.309 e. The zero-order valence-electron chi connectivity index (χ0n) is 18.0. The maximum atomic E-state index is 13.3. The highest BCUT2D eigenvalue weighted by Gasteiger charge is 2.53. The molecule has 2 aromatic rings. The third-order valence-electron chi connectivity index (χ3n) is 5.78. The molecule has 3 heterocycles. The van der Waals surface area contributed by atoms with Crippen molar-refractivity contribution in [1.82, 2.24) is 14.7 Å². The summed E-state index contributed by atoms with van der Waals surface area (Å²) in [5.41, 5.74) is 0.680. The van der Waals surface area contributed by atoms with Gasteiger partial charge in [0.2, 0.25) is 11.8 Å². The number of aryl methyl sites for hydroxylation is 1. The van der Waals surface area contributed by atoms with E-state index in [0.29, 0.717) is 29.9 Å². The average Bonchev–Trinajstić information content (AvgIpc) is 3.18. The first kappa shape index (κ1) is 20.1. The summed E-state index contributed by atoms with van der Waals surface area (Å²) in [5.74, 6) is -0.0213. The summed E-state index contributed by atoms with van der Waals surface area (Å²) in [5, 5.41) is 7.37. The number of aromatic nitrogens is 2. The Bertz CT molecular complexity index is 1050. The molecule has 3 amide bonds. The van der Waals surface area contributed by atoms with Crippen LogP contribution in [0.2, 0.25) is 0 Å². The molecule has 1 saturated heterocycles.